The van der Waals surface area contributed by atoms with Crippen LogP contribution < -0.4 is 19.9 Å². The fourth-order valence-electron chi connectivity index (χ4n) is 2.68. The second-order valence-corrected chi connectivity index (χ2v) is 6.06. The van der Waals surface area contributed by atoms with Crippen LogP contribution in [0, 0.1) is 5.92 Å². The molecule has 130 valence electrons. The van der Waals surface area contributed by atoms with Gasteiger partial charge in [0.1, 0.15) is 5.54 Å². The molecule has 0 heterocycles. The Morgan fingerprint density at radius 3 is 2.30 bits per heavy atom. The molecule has 0 spiro atoms. The number of nitrogens with two attached hydrogens (primary N) is 1. The van der Waals surface area contributed by atoms with Crippen molar-refractivity contribution in [2.45, 2.75) is 38.6 Å². The van der Waals surface area contributed by atoms with Gasteiger partial charge in [-0.05, 0) is 43.7 Å². The zero-order valence-electron chi connectivity index (χ0n) is 14.5. The molecule has 0 aliphatic rings. The maximum absolute atomic E-state index is 11.1. The van der Waals surface area contributed by atoms with Crippen LogP contribution in [0.4, 0.5) is 0 Å². The molecule has 2 atom stereocenters. The number of methoxy groups -OCH3 is 3. The number of rotatable bonds is 9. The Labute approximate surface area is 137 Å². The third-order valence-corrected chi connectivity index (χ3v) is 3.95. The molecule has 0 aromatic heterocycles. The fourth-order valence-corrected chi connectivity index (χ4v) is 2.68. The summed E-state index contributed by atoms with van der Waals surface area (Å²) in [4.78, 5) is 11.1. The normalized spacial score (nSPS) is 14.7. The Bertz CT molecular complexity index is 542. The Morgan fingerprint density at radius 1 is 1.22 bits per heavy atom. The Morgan fingerprint density at radius 2 is 1.83 bits per heavy atom. The second-order valence-electron chi connectivity index (χ2n) is 6.06. The highest BCUT2D eigenvalue weighted by molar-refractivity contribution is 5.77. The Balaban J connectivity index is 2.84. The first-order valence-electron chi connectivity index (χ1n) is 7.57. The Kier molecular flexibility index (Phi) is 6.69. The maximum atomic E-state index is 11.1. The first-order valence-corrected chi connectivity index (χ1v) is 7.57. The highest BCUT2D eigenvalue weighted by atomic mass is 16.5. The van der Waals surface area contributed by atoms with E-state index in [4.69, 9.17) is 25.1 Å². The van der Waals surface area contributed by atoms with Crippen molar-refractivity contribution in [2.24, 2.45) is 11.7 Å². The van der Waals surface area contributed by atoms with E-state index in [1.807, 2.05) is 19.1 Å². The standard InChI is InChI=1S/C17H27NO5/c1-11(10-17(2,18)16(19)20)6-7-12-8-9-13(21-3)15(23-5)14(12)22-4/h8-9,11H,6-7,10,18H2,1-5H3,(H,19,20). The predicted octanol–water partition coefficient (Wildman–Crippen LogP) is 2.47. The summed E-state index contributed by atoms with van der Waals surface area (Å²) in [7, 11) is 4.73. The average molecular weight is 325 g/mol. The zero-order chi connectivity index (χ0) is 17.6. The maximum Gasteiger partial charge on any atom is 0.323 e. The number of aryl methyl sites for hydroxylation is 1. The van der Waals surface area contributed by atoms with Gasteiger partial charge in [-0.2, -0.15) is 0 Å². The van der Waals surface area contributed by atoms with E-state index in [0.717, 1.165) is 18.4 Å². The number of carbonyl (C=O) groups is 1. The van der Waals surface area contributed by atoms with Gasteiger partial charge in [0.15, 0.2) is 11.5 Å². The van der Waals surface area contributed by atoms with Crippen molar-refractivity contribution in [3.63, 3.8) is 0 Å². The van der Waals surface area contributed by atoms with Crippen LogP contribution in [0.3, 0.4) is 0 Å². The van der Waals surface area contributed by atoms with Gasteiger partial charge < -0.3 is 25.1 Å². The van der Waals surface area contributed by atoms with E-state index < -0.39 is 11.5 Å². The molecule has 1 rings (SSSR count). The van der Waals surface area contributed by atoms with Crippen LogP contribution >= 0.6 is 0 Å². The van der Waals surface area contributed by atoms with Crippen LogP contribution in [0.25, 0.3) is 0 Å². The van der Waals surface area contributed by atoms with Crippen molar-refractivity contribution in [3.05, 3.63) is 17.7 Å². The minimum atomic E-state index is -1.21. The Hall–Kier alpha value is -1.95. The van der Waals surface area contributed by atoms with E-state index in [2.05, 4.69) is 0 Å². The number of hydrogen-bond acceptors (Lipinski definition) is 5. The van der Waals surface area contributed by atoms with Gasteiger partial charge >= 0.3 is 5.97 Å². The number of carboxylic acid groups (broad SMARTS) is 1. The van der Waals surface area contributed by atoms with Crippen molar-refractivity contribution in [1.82, 2.24) is 0 Å². The molecule has 0 radical (unpaired) electrons. The summed E-state index contributed by atoms with van der Waals surface area (Å²) in [6.07, 6.45) is 1.95. The van der Waals surface area contributed by atoms with Gasteiger partial charge in [0.25, 0.3) is 0 Å². The molecule has 0 bridgehead atoms. The number of ether oxygens (including phenoxy) is 3. The first kappa shape index (κ1) is 19.1. The summed E-state index contributed by atoms with van der Waals surface area (Å²) < 4.78 is 16.1. The highest BCUT2D eigenvalue weighted by Gasteiger charge is 2.29. The van der Waals surface area contributed by atoms with Crippen molar-refractivity contribution in [1.29, 1.82) is 0 Å². The molecule has 0 saturated heterocycles. The number of carboxylic acids is 1. The van der Waals surface area contributed by atoms with E-state index in [1.54, 1.807) is 28.3 Å². The second kappa shape index (κ2) is 8.06. The minimum Gasteiger partial charge on any atom is -0.493 e. The van der Waals surface area contributed by atoms with Gasteiger partial charge in [-0.3, -0.25) is 4.79 Å². The summed E-state index contributed by atoms with van der Waals surface area (Å²) in [5, 5.41) is 9.11. The van der Waals surface area contributed by atoms with E-state index in [-0.39, 0.29) is 5.92 Å². The van der Waals surface area contributed by atoms with Crippen LogP contribution in [0.5, 0.6) is 17.2 Å². The molecule has 0 fully saturated rings. The van der Waals surface area contributed by atoms with Crippen molar-refractivity contribution >= 4 is 5.97 Å². The van der Waals surface area contributed by atoms with Gasteiger partial charge in [0.2, 0.25) is 5.75 Å². The molecule has 0 aliphatic heterocycles. The lowest BCUT2D eigenvalue weighted by molar-refractivity contribution is -0.143. The molecule has 6 heteroatoms. The van der Waals surface area contributed by atoms with Gasteiger partial charge in [0, 0.05) is 0 Å². The summed E-state index contributed by atoms with van der Waals surface area (Å²) in [5.74, 6) is 1.01. The lowest BCUT2D eigenvalue weighted by Gasteiger charge is -2.23. The molecule has 23 heavy (non-hydrogen) atoms. The van der Waals surface area contributed by atoms with Crippen molar-refractivity contribution < 1.29 is 24.1 Å². The smallest absolute Gasteiger partial charge is 0.323 e. The van der Waals surface area contributed by atoms with Crippen LogP contribution in [-0.2, 0) is 11.2 Å². The molecular formula is C17H27NO5. The molecule has 0 aliphatic carbocycles. The van der Waals surface area contributed by atoms with Crippen molar-refractivity contribution in [2.75, 3.05) is 21.3 Å². The number of benzene rings is 1. The summed E-state index contributed by atoms with van der Waals surface area (Å²) >= 11 is 0. The monoisotopic (exact) mass is 325 g/mol. The van der Waals surface area contributed by atoms with E-state index >= 15 is 0 Å². The van der Waals surface area contributed by atoms with Gasteiger partial charge in [0.05, 0.1) is 21.3 Å². The van der Waals surface area contributed by atoms with Gasteiger partial charge in [-0.25, -0.2) is 0 Å². The van der Waals surface area contributed by atoms with E-state index in [9.17, 15) is 4.79 Å². The van der Waals surface area contributed by atoms with Crippen molar-refractivity contribution in [3.8, 4) is 17.2 Å². The predicted molar refractivity (Wildman–Crippen MR) is 88.4 cm³/mol. The van der Waals surface area contributed by atoms with Crippen LogP contribution in [0.2, 0.25) is 0 Å². The zero-order valence-corrected chi connectivity index (χ0v) is 14.5. The molecule has 6 nitrogen and oxygen atoms in total. The van der Waals surface area contributed by atoms with Crippen LogP contribution in [-0.4, -0.2) is 37.9 Å². The molecule has 2 unspecified atom stereocenters. The minimum absolute atomic E-state index is 0.166. The topological polar surface area (TPSA) is 91.0 Å². The number of hydrogen-bond donors (Lipinski definition) is 2. The summed E-state index contributed by atoms with van der Waals surface area (Å²) in [6, 6.07) is 3.78. The first-order chi connectivity index (χ1) is 10.8. The third kappa shape index (κ3) is 4.76. The molecule has 1 aromatic carbocycles. The molecule has 0 saturated carbocycles. The quantitative estimate of drug-likeness (QED) is 0.725. The fraction of sp³-hybridized carbons (Fsp3) is 0.588. The van der Waals surface area contributed by atoms with E-state index in [0.29, 0.717) is 23.7 Å². The van der Waals surface area contributed by atoms with Gasteiger partial charge in [-0.1, -0.05) is 13.0 Å². The van der Waals surface area contributed by atoms with Crippen LogP contribution in [0.1, 0.15) is 32.3 Å². The summed E-state index contributed by atoms with van der Waals surface area (Å²) in [6.45, 7) is 3.55. The molecular weight excluding hydrogens is 298 g/mol. The SMILES string of the molecule is COc1ccc(CCC(C)CC(C)(N)C(=O)O)c(OC)c1OC. The summed E-state index contributed by atoms with van der Waals surface area (Å²) in [5.41, 5.74) is 5.59. The molecule has 3 N–H and O–H groups in total. The highest BCUT2D eigenvalue weighted by Crippen LogP contribution is 2.40. The molecule has 0 amide bonds. The largest absolute Gasteiger partial charge is 0.493 e. The lowest BCUT2D eigenvalue weighted by Crippen LogP contribution is -2.46. The molecule has 1 aromatic rings. The van der Waals surface area contributed by atoms with Gasteiger partial charge in [-0.15, -0.1) is 0 Å². The lowest BCUT2D eigenvalue weighted by atomic mass is 9.87. The third-order valence-electron chi connectivity index (χ3n) is 3.95. The van der Waals surface area contributed by atoms with Crippen LogP contribution in [0.15, 0.2) is 12.1 Å². The van der Waals surface area contributed by atoms with E-state index in [1.165, 1.54) is 0 Å². The number of aliphatic carboxylic acids is 1. The average Bonchev–Trinajstić information content (AvgIpc) is 2.50.